The fourth-order valence-corrected chi connectivity index (χ4v) is 1.79. The SMILES string of the molecule is OCc1cc2c(cc1Br)C=NC2. The number of hydrogen-bond acceptors (Lipinski definition) is 2. The van der Waals surface area contributed by atoms with Gasteiger partial charge in [0.2, 0.25) is 0 Å². The standard InChI is InChI=1S/C9H8BrNO/c10-9-2-7-4-11-3-6(7)1-8(9)5-12/h1-2,4,12H,3,5H2. The molecule has 0 aliphatic carbocycles. The van der Waals surface area contributed by atoms with E-state index in [1.807, 2.05) is 18.3 Å². The number of fused-ring (bicyclic) bond motifs is 1. The molecule has 1 heterocycles. The zero-order chi connectivity index (χ0) is 8.55. The minimum absolute atomic E-state index is 0.0772. The molecule has 1 aromatic rings. The van der Waals surface area contributed by atoms with Gasteiger partial charge >= 0.3 is 0 Å². The maximum Gasteiger partial charge on any atom is 0.0692 e. The molecule has 1 aromatic carbocycles. The highest BCUT2D eigenvalue weighted by Gasteiger charge is 2.09. The molecule has 0 fully saturated rings. The van der Waals surface area contributed by atoms with Crippen LogP contribution < -0.4 is 0 Å². The first-order chi connectivity index (χ1) is 5.81. The van der Waals surface area contributed by atoms with Gasteiger partial charge in [-0.25, -0.2) is 0 Å². The zero-order valence-electron chi connectivity index (χ0n) is 6.42. The van der Waals surface area contributed by atoms with Gasteiger partial charge in [-0.15, -0.1) is 0 Å². The summed E-state index contributed by atoms with van der Waals surface area (Å²) in [4.78, 5) is 4.14. The highest BCUT2D eigenvalue weighted by molar-refractivity contribution is 9.10. The Hall–Kier alpha value is -0.670. The molecule has 1 N–H and O–H groups in total. The summed E-state index contributed by atoms with van der Waals surface area (Å²) in [7, 11) is 0. The van der Waals surface area contributed by atoms with Crippen molar-refractivity contribution >= 4 is 22.1 Å². The van der Waals surface area contributed by atoms with E-state index in [1.165, 1.54) is 5.56 Å². The molecule has 2 nitrogen and oxygen atoms in total. The molecular formula is C9H8BrNO. The van der Waals surface area contributed by atoms with E-state index in [1.54, 1.807) is 0 Å². The molecule has 0 atom stereocenters. The van der Waals surface area contributed by atoms with Gasteiger partial charge in [0.25, 0.3) is 0 Å². The van der Waals surface area contributed by atoms with Gasteiger partial charge in [0.1, 0.15) is 0 Å². The Labute approximate surface area is 79.1 Å². The Morgan fingerprint density at radius 2 is 2.33 bits per heavy atom. The number of aliphatic hydroxyl groups excluding tert-OH is 1. The molecule has 62 valence electrons. The van der Waals surface area contributed by atoms with Gasteiger partial charge in [-0.1, -0.05) is 15.9 Å². The maximum atomic E-state index is 8.98. The second-order valence-electron chi connectivity index (χ2n) is 2.77. The minimum Gasteiger partial charge on any atom is -0.392 e. The first kappa shape index (κ1) is 7.95. The lowest BCUT2D eigenvalue weighted by atomic mass is 10.1. The molecule has 0 saturated heterocycles. The summed E-state index contributed by atoms with van der Waals surface area (Å²) in [5.41, 5.74) is 3.28. The van der Waals surface area contributed by atoms with Crippen LogP contribution in [0.2, 0.25) is 0 Å². The fraction of sp³-hybridized carbons (Fsp3) is 0.222. The number of rotatable bonds is 1. The Balaban J connectivity index is 2.54. The third-order valence-corrected chi connectivity index (χ3v) is 2.71. The lowest BCUT2D eigenvalue weighted by Gasteiger charge is -2.03. The second kappa shape index (κ2) is 2.99. The molecule has 0 amide bonds. The van der Waals surface area contributed by atoms with Crippen LogP contribution in [0.4, 0.5) is 0 Å². The van der Waals surface area contributed by atoms with Crippen molar-refractivity contribution < 1.29 is 5.11 Å². The summed E-state index contributed by atoms with van der Waals surface area (Å²) in [6, 6.07) is 3.99. The quantitative estimate of drug-likeness (QED) is 0.778. The van der Waals surface area contributed by atoms with Crippen molar-refractivity contribution in [3.8, 4) is 0 Å². The highest BCUT2D eigenvalue weighted by Crippen LogP contribution is 2.24. The van der Waals surface area contributed by atoms with E-state index in [0.29, 0.717) is 0 Å². The molecule has 0 unspecified atom stereocenters. The first-order valence-corrected chi connectivity index (χ1v) is 4.52. The minimum atomic E-state index is 0.0772. The molecule has 0 aromatic heterocycles. The van der Waals surface area contributed by atoms with Crippen molar-refractivity contribution in [2.75, 3.05) is 0 Å². The Bertz CT molecular complexity index is 346. The number of benzene rings is 1. The van der Waals surface area contributed by atoms with Crippen molar-refractivity contribution in [3.05, 3.63) is 33.3 Å². The van der Waals surface area contributed by atoms with Crippen LogP contribution in [0.25, 0.3) is 0 Å². The molecule has 12 heavy (non-hydrogen) atoms. The Kier molecular flexibility index (Phi) is 1.98. The van der Waals surface area contributed by atoms with Crippen molar-refractivity contribution in [1.29, 1.82) is 0 Å². The normalized spacial score (nSPS) is 13.5. The molecule has 3 heteroatoms. The molecule has 0 spiro atoms. The van der Waals surface area contributed by atoms with E-state index >= 15 is 0 Å². The van der Waals surface area contributed by atoms with Gasteiger partial charge in [-0.3, -0.25) is 4.99 Å². The third kappa shape index (κ3) is 1.19. The van der Waals surface area contributed by atoms with Crippen molar-refractivity contribution in [2.24, 2.45) is 4.99 Å². The maximum absolute atomic E-state index is 8.98. The molecule has 2 rings (SSSR count). The summed E-state index contributed by atoms with van der Waals surface area (Å²) < 4.78 is 0.956. The summed E-state index contributed by atoms with van der Waals surface area (Å²) in [5, 5.41) is 8.98. The molecule has 0 bridgehead atoms. The summed E-state index contributed by atoms with van der Waals surface area (Å²) in [6.45, 7) is 0.823. The van der Waals surface area contributed by atoms with Gasteiger partial charge in [0.05, 0.1) is 13.2 Å². The van der Waals surface area contributed by atoms with Crippen LogP contribution in [0.15, 0.2) is 21.6 Å². The summed E-state index contributed by atoms with van der Waals surface area (Å²) in [5.74, 6) is 0. The fourth-order valence-electron chi connectivity index (χ4n) is 1.31. The van der Waals surface area contributed by atoms with Crippen LogP contribution in [0.5, 0.6) is 0 Å². The largest absolute Gasteiger partial charge is 0.392 e. The van der Waals surface area contributed by atoms with Crippen LogP contribution in [0.3, 0.4) is 0 Å². The van der Waals surface area contributed by atoms with E-state index < -0.39 is 0 Å². The predicted octanol–water partition coefficient (Wildman–Crippen LogP) is 1.87. The van der Waals surface area contributed by atoms with Gasteiger partial charge in [0.15, 0.2) is 0 Å². The van der Waals surface area contributed by atoms with Crippen LogP contribution in [0.1, 0.15) is 16.7 Å². The van der Waals surface area contributed by atoms with E-state index in [2.05, 4.69) is 20.9 Å². The van der Waals surface area contributed by atoms with Gasteiger partial charge in [-0.2, -0.15) is 0 Å². The van der Waals surface area contributed by atoms with Crippen LogP contribution >= 0.6 is 15.9 Å². The van der Waals surface area contributed by atoms with Crippen LogP contribution in [0, 0.1) is 0 Å². The predicted molar refractivity (Wildman–Crippen MR) is 51.4 cm³/mol. The first-order valence-electron chi connectivity index (χ1n) is 3.73. The number of nitrogens with zero attached hydrogens (tertiary/aromatic N) is 1. The number of aliphatic hydroxyl groups is 1. The van der Waals surface area contributed by atoms with Crippen LogP contribution in [-0.2, 0) is 13.2 Å². The average Bonchev–Trinajstić information content (AvgIpc) is 2.49. The third-order valence-electron chi connectivity index (χ3n) is 1.97. The lowest BCUT2D eigenvalue weighted by molar-refractivity contribution is 0.281. The van der Waals surface area contributed by atoms with Crippen molar-refractivity contribution in [2.45, 2.75) is 13.2 Å². The van der Waals surface area contributed by atoms with E-state index in [0.717, 1.165) is 22.1 Å². The van der Waals surface area contributed by atoms with Crippen LogP contribution in [-0.4, -0.2) is 11.3 Å². The number of aliphatic imine (C=N–C) groups is 1. The van der Waals surface area contributed by atoms with Crippen molar-refractivity contribution in [3.63, 3.8) is 0 Å². The smallest absolute Gasteiger partial charge is 0.0692 e. The van der Waals surface area contributed by atoms with E-state index in [-0.39, 0.29) is 6.61 Å². The molecule has 1 aliphatic heterocycles. The van der Waals surface area contributed by atoms with Gasteiger partial charge in [-0.05, 0) is 28.8 Å². The molecule has 0 radical (unpaired) electrons. The Morgan fingerprint density at radius 3 is 3.08 bits per heavy atom. The van der Waals surface area contributed by atoms with E-state index in [4.69, 9.17) is 5.11 Å². The summed E-state index contributed by atoms with van der Waals surface area (Å²) >= 11 is 3.39. The van der Waals surface area contributed by atoms with E-state index in [9.17, 15) is 0 Å². The zero-order valence-corrected chi connectivity index (χ0v) is 8.00. The average molecular weight is 226 g/mol. The second-order valence-corrected chi connectivity index (χ2v) is 3.62. The van der Waals surface area contributed by atoms with Gasteiger partial charge in [0, 0.05) is 10.7 Å². The topological polar surface area (TPSA) is 32.6 Å². The Morgan fingerprint density at radius 1 is 1.50 bits per heavy atom. The van der Waals surface area contributed by atoms with Crippen molar-refractivity contribution in [1.82, 2.24) is 0 Å². The van der Waals surface area contributed by atoms with Gasteiger partial charge < -0.3 is 5.11 Å². The molecule has 0 saturated carbocycles. The highest BCUT2D eigenvalue weighted by atomic mass is 79.9. The number of hydrogen-bond donors (Lipinski definition) is 1. The molecule has 1 aliphatic rings. The number of halogens is 1. The molecular weight excluding hydrogens is 218 g/mol. The summed E-state index contributed by atoms with van der Waals surface area (Å²) in [6.07, 6.45) is 1.86. The monoisotopic (exact) mass is 225 g/mol. The lowest BCUT2D eigenvalue weighted by Crippen LogP contribution is -1.91.